The quantitative estimate of drug-likeness (QED) is 0.238. The lowest BCUT2D eigenvalue weighted by molar-refractivity contribution is 0.475. The average Bonchev–Trinajstić information content (AvgIpc) is 2.63. The Kier molecular flexibility index (Phi) is 14.2. The molecule has 0 heterocycles. The van der Waals surface area contributed by atoms with E-state index in [-0.39, 0.29) is 0 Å². The maximum atomic E-state index is 9.26. The van der Waals surface area contributed by atoms with Crippen LogP contribution < -0.4 is 0 Å². The summed E-state index contributed by atoms with van der Waals surface area (Å²) >= 11 is 0. The average molecular weight is 345 g/mol. The number of phenolic OH excluding ortho intramolecular Hbond substituents is 1. The zero-order valence-electron chi connectivity index (χ0n) is 16.5. The standard InChI is InChI=1S/C24H40O/c1-2-3-4-5-6-7-8-9-10-11-12-13-14-15-16-17-18-23-19-21-24(25)22-20-23/h9-10,19-22,25H,2-8,11-18H2,1H3. The molecule has 0 amide bonds. The number of rotatable bonds is 16. The highest BCUT2D eigenvalue weighted by Crippen LogP contribution is 2.14. The number of hydrogen-bond donors (Lipinski definition) is 1. The van der Waals surface area contributed by atoms with Crippen LogP contribution >= 0.6 is 0 Å². The van der Waals surface area contributed by atoms with E-state index in [1.165, 1.54) is 95.5 Å². The minimum atomic E-state index is 0.366. The molecular weight excluding hydrogens is 304 g/mol. The third-order valence-electron chi connectivity index (χ3n) is 4.91. The van der Waals surface area contributed by atoms with Gasteiger partial charge in [0.1, 0.15) is 5.75 Å². The first-order valence-electron chi connectivity index (χ1n) is 10.8. The molecule has 1 heteroatoms. The summed E-state index contributed by atoms with van der Waals surface area (Å²) in [6.45, 7) is 2.28. The summed E-state index contributed by atoms with van der Waals surface area (Å²) in [6, 6.07) is 7.64. The molecule has 0 aliphatic carbocycles. The fourth-order valence-corrected chi connectivity index (χ4v) is 3.24. The first kappa shape index (κ1) is 21.8. The Labute approximate surface area is 156 Å². The van der Waals surface area contributed by atoms with Gasteiger partial charge in [-0.1, -0.05) is 89.0 Å². The number of allylic oxidation sites excluding steroid dienone is 2. The van der Waals surface area contributed by atoms with E-state index in [0.717, 1.165) is 6.42 Å². The molecule has 0 spiro atoms. The van der Waals surface area contributed by atoms with Gasteiger partial charge in [-0.05, 0) is 56.2 Å². The summed E-state index contributed by atoms with van der Waals surface area (Å²) in [5.74, 6) is 0.366. The second-order valence-electron chi connectivity index (χ2n) is 7.35. The summed E-state index contributed by atoms with van der Waals surface area (Å²) in [7, 11) is 0. The van der Waals surface area contributed by atoms with Crippen LogP contribution in [0.5, 0.6) is 5.75 Å². The Morgan fingerprint density at radius 3 is 1.68 bits per heavy atom. The highest BCUT2D eigenvalue weighted by Gasteiger charge is 1.95. The van der Waals surface area contributed by atoms with Gasteiger partial charge < -0.3 is 5.11 Å². The third kappa shape index (κ3) is 13.7. The largest absolute Gasteiger partial charge is 0.508 e. The van der Waals surface area contributed by atoms with Crippen molar-refractivity contribution in [1.29, 1.82) is 0 Å². The number of unbranched alkanes of at least 4 members (excludes halogenated alkanes) is 12. The van der Waals surface area contributed by atoms with Crippen molar-refractivity contribution >= 4 is 0 Å². The van der Waals surface area contributed by atoms with Crippen LogP contribution in [-0.4, -0.2) is 5.11 Å². The minimum Gasteiger partial charge on any atom is -0.508 e. The third-order valence-corrected chi connectivity index (χ3v) is 4.91. The van der Waals surface area contributed by atoms with Crippen molar-refractivity contribution in [3.8, 4) is 5.75 Å². The van der Waals surface area contributed by atoms with Gasteiger partial charge in [0, 0.05) is 0 Å². The normalized spacial score (nSPS) is 11.4. The summed E-state index contributed by atoms with van der Waals surface area (Å²) < 4.78 is 0. The Hall–Kier alpha value is -1.24. The Bertz CT molecular complexity index is 418. The van der Waals surface area contributed by atoms with Gasteiger partial charge in [-0.25, -0.2) is 0 Å². The molecule has 0 saturated heterocycles. The molecule has 0 saturated carbocycles. The van der Waals surface area contributed by atoms with Crippen molar-refractivity contribution in [3.63, 3.8) is 0 Å². The van der Waals surface area contributed by atoms with Gasteiger partial charge in [-0.15, -0.1) is 0 Å². The van der Waals surface area contributed by atoms with Crippen molar-refractivity contribution in [2.45, 2.75) is 103 Å². The molecule has 0 fully saturated rings. The molecule has 0 unspecified atom stereocenters. The molecule has 0 aliphatic heterocycles. The lowest BCUT2D eigenvalue weighted by Crippen LogP contribution is -1.86. The number of hydrogen-bond acceptors (Lipinski definition) is 1. The first-order valence-corrected chi connectivity index (χ1v) is 10.8. The van der Waals surface area contributed by atoms with Gasteiger partial charge in [0.2, 0.25) is 0 Å². The van der Waals surface area contributed by atoms with Crippen molar-refractivity contribution in [2.24, 2.45) is 0 Å². The molecular formula is C24H40O. The second-order valence-corrected chi connectivity index (χ2v) is 7.35. The molecule has 1 rings (SSSR count). The van der Waals surface area contributed by atoms with Gasteiger partial charge in [0.05, 0.1) is 0 Å². The van der Waals surface area contributed by atoms with Crippen LogP contribution in [0.1, 0.15) is 102 Å². The lowest BCUT2D eigenvalue weighted by Gasteiger charge is -2.02. The van der Waals surface area contributed by atoms with Crippen LogP contribution in [0, 0.1) is 0 Å². The van der Waals surface area contributed by atoms with Crippen LogP contribution in [0.25, 0.3) is 0 Å². The van der Waals surface area contributed by atoms with Crippen LogP contribution in [0.15, 0.2) is 36.4 Å². The summed E-state index contributed by atoms with van der Waals surface area (Å²) in [6.07, 6.45) is 24.9. The number of aryl methyl sites for hydroxylation is 1. The predicted molar refractivity (Wildman–Crippen MR) is 111 cm³/mol. The van der Waals surface area contributed by atoms with E-state index >= 15 is 0 Å². The van der Waals surface area contributed by atoms with Crippen LogP contribution in [0.2, 0.25) is 0 Å². The highest BCUT2D eigenvalue weighted by molar-refractivity contribution is 5.25. The zero-order valence-corrected chi connectivity index (χ0v) is 16.5. The monoisotopic (exact) mass is 344 g/mol. The van der Waals surface area contributed by atoms with E-state index in [4.69, 9.17) is 0 Å². The lowest BCUT2D eigenvalue weighted by atomic mass is 10.0. The van der Waals surface area contributed by atoms with Crippen molar-refractivity contribution in [1.82, 2.24) is 0 Å². The molecule has 0 aliphatic rings. The molecule has 1 aromatic rings. The number of phenols is 1. The Balaban J connectivity index is 1.79. The Morgan fingerprint density at radius 1 is 0.640 bits per heavy atom. The summed E-state index contributed by atoms with van der Waals surface area (Å²) in [4.78, 5) is 0. The molecule has 1 aromatic carbocycles. The number of aromatic hydroxyl groups is 1. The highest BCUT2D eigenvalue weighted by atomic mass is 16.3. The fraction of sp³-hybridized carbons (Fsp3) is 0.667. The molecule has 0 radical (unpaired) electrons. The van der Waals surface area contributed by atoms with Gasteiger partial charge in [-0.2, -0.15) is 0 Å². The molecule has 142 valence electrons. The van der Waals surface area contributed by atoms with E-state index in [9.17, 15) is 5.11 Å². The van der Waals surface area contributed by atoms with Gasteiger partial charge in [0.25, 0.3) is 0 Å². The SMILES string of the molecule is CCCCCCCCC=CCCCCCCCCc1ccc(O)cc1. The van der Waals surface area contributed by atoms with E-state index in [1.54, 1.807) is 12.1 Å². The minimum absolute atomic E-state index is 0.366. The molecule has 0 aromatic heterocycles. The predicted octanol–water partition coefficient (Wildman–Crippen LogP) is 7.97. The van der Waals surface area contributed by atoms with Crippen molar-refractivity contribution in [3.05, 3.63) is 42.0 Å². The molecule has 1 nitrogen and oxygen atoms in total. The van der Waals surface area contributed by atoms with Gasteiger partial charge >= 0.3 is 0 Å². The van der Waals surface area contributed by atoms with E-state index in [0.29, 0.717) is 5.75 Å². The van der Waals surface area contributed by atoms with Gasteiger partial charge in [-0.3, -0.25) is 0 Å². The fourth-order valence-electron chi connectivity index (χ4n) is 3.24. The van der Waals surface area contributed by atoms with Crippen molar-refractivity contribution < 1.29 is 5.11 Å². The smallest absolute Gasteiger partial charge is 0.115 e. The molecule has 25 heavy (non-hydrogen) atoms. The van der Waals surface area contributed by atoms with Gasteiger partial charge in [0.15, 0.2) is 0 Å². The van der Waals surface area contributed by atoms with E-state index in [1.807, 2.05) is 12.1 Å². The van der Waals surface area contributed by atoms with E-state index < -0.39 is 0 Å². The second kappa shape index (κ2) is 16.2. The number of benzene rings is 1. The van der Waals surface area contributed by atoms with Crippen LogP contribution in [0.4, 0.5) is 0 Å². The summed E-state index contributed by atoms with van der Waals surface area (Å²) in [5.41, 5.74) is 1.34. The topological polar surface area (TPSA) is 20.2 Å². The molecule has 0 bridgehead atoms. The zero-order chi connectivity index (χ0) is 18.0. The summed E-state index contributed by atoms with van der Waals surface area (Å²) in [5, 5.41) is 9.26. The molecule has 0 atom stereocenters. The maximum absolute atomic E-state index is 9.26. The van der Waals surface area contributed by atoms with E-state index in [2.05, 4.69) is 19.1 Å². The molecule has 1 N–H and O–H groups in total. The Morgan fingerprint density at radius 2 is 1.12 bits per heavy atom. The first-order chi connectivity index (χ1) is 12.3. The maximum Gasteiger partial charge on any atom is 0.115 e. The van der Waals surface area contributed by atoms with Crippen LogP contribution in [-0.2, 0) is 6.42 Å². The van der Waals surface area contributed by atoms with Crippen LogP contribution in [0.3, 0.4) is 0 Å². The van der Waals surface area contributed by atoms with Crippen molar-refractivity contribution in [2.75, 3.05) is 0 Å².